The Morgan fingerprint density at radius 2 is 1.26 bits per heavy atom. The minimum atomic E-state index is -0.600. The fourth-order valence-corrected chi connectivity index (χ4v) is 5.52. The van der Waals surface area contributed by atoms with Gasteiger partial charge in [0.05, 0.1) is 16.2 Å². The Balaban J connectivity index is 0.00000129. The van der Waals surface area contributed by atoms with Crippen LogP contribution in [0.2, 0.25) is 5.02 Å². The monoisotopic (exact) mass is 524 g/mol. The summed E-state index contributed by atoms with van der Waals surface area (Å²) in [4.78, 5) is 0. The average molecular weight is 525 g/mol. The maximum atomic E-state index is 6.75. The van der Waals surface area contributed by atoms with Crippen molar-refractivity contribution in [1.82, 2.24) is 0 Å². The van der Waals surface area contributed by atoms with Gasteiger partial charge in [0.15, 0.2) is 0 Å². The van der Waals surface area contributed by atoms with Gasteiger partial charge in [0, 0.05) is 21.6 Å². The largest absolute Gasteiger partial charge is 0.498 e. The molecule has 6 heteroatoms. The second kappa shape index (κ2) is 8.91. The molecule has 1 aliphatic rings. The van der Waals surface area contributed by atoms with Crippen molar-refractivity contribution >= 4 is 67.7 Å². The number of hydrogen-bond acceptors (Lipinski definition) is 4. The average Bonchev–Trinajstić information content (AvgIpc) is 3.39. The molecular weight excluding hydrogens is 495 g/mol. The van der Waals surface area contributed by atoms with Crippen molar-refractivity contribution in [3.8, 4) is 11.5 Å². The minimum Gasteiger partial charge on any atom is -0.456 e. The molecule has 38 heavy (non-hydrogen) atoms. The van der Waals surface area contributed by atoms with E-state index in [9.17, 15) is 0 Å². The second-order valence-electron chi connectivity index (χ2n) is 10.5. The molecule has 0 amide bonds. The lowest BCUT2D eigenvalue weighted by molar-refractivity contribution is 0.00578. The quantitative estimate of drug-likeness (QED) is 0.171. The van der Waals surface area contributed by atoms with E-state index in [2.05, 4.69) is 30.3 Å². The SMILES string of the molecule is CC.CC1(C)OB(c2cccc(Cl)c2Oc2ccc3oc4cccc5c6ccccc6c2c3c45)OC1(C)C. The molecule has 4 nitrogen and oxygen atoms in total. The Hall–Kier alpha value is -3.25. The van der Waals surface area contributed by atoms with Gasteiger partial charge in [0.1, 0.15) is 22.7 Å². The molecule has 2 heterocycles. The first-order valence-electron chi connectivity index (χ1n) is 13.1. The number of para-hydroxylation sites is 1. The Morgan fingerprint density at radius 1 is 0.658 bits per heavy atom. The van der Waals surface area contributed by atoms with Gasteiger partial charge in [-0.1, -0.05) is 74.0 Å². The van der Waals surface area contributed by atoms with E-state index < -0.39 is 18.3 Å². The molecule has 0 radical (unpaired) electrons. The molecule has 0 N–H and O–H groups in total. The summed E-state index contributed by atoms with van der Waals surface area (Å²) >= 11 is 6.75. The standard InChI is InChI=1S/C30H24BClO4.C2H6/c1-29(2)30(3,4)36-31(35-29)20-12-8-13-21(32)28(20)34-23-15-16-24-27-25-19(11-7-14-22(25)33-24)17-9-5-6-10-18(17)26(23)27;1-2/h5-16H,1-4H3;1-2H3. The van der Waals surface area contributed by atoms with Gasteiger partial charge in [-0.05, 0) is 68.1 Å². The fourth-order valence-electron chi connectivity index (χ4n) is 5.30. The molecule has 1 fully saturated rings. The number of rotatable bonds is 3. The second-order valence-corrected chi connectivity index (χ2v) is 10.9. The van der Waals surface area contributed by atoms with E-state index in [1.165, 1.54) is 5.39 Å². The molecule has 6 aromatic rings. The first kappa shape index (κ1) is 25.1. The Bertz CT molecular complexity index is 1790. The van der Waals surface area contributed by atoms with Crippen LogP contribution in [0.25, 0.3) is 43.5 Å². The summed E-state index contributed by atoms with van der Waals surface area (Å²) in [7, 11) is -0.600. The third kappa shape index (κ3) is 3.60. The summed E-state index contributed by atoms with van der Waals surface area (Å²) in [5.41, 5.74) is 1.50. The van der Waals surface area contributed by atoms with Crippen LogP contribution >= 0.6 is 11.6 Å². The number of furan rings is 1. The summed E-state index contributed by atoms with van der Waals surface area (Å²) in [6, 6.07) is 24.2. The third-order valence-corrected chi connectivity index (χ3v) is 8.13. The molecule has 1 aromatic heterocycles. The van der Waals surface area contributed by atoms with Crippen molar-refractivity contribution in [2.24, 2.45) is 0 Å². The van der Waals surface area contributed by atoms with Crippen molar-refractivity contribution in [2.45, 2.75) is 52.7 Å². The molecule has 0 saturated carbocycles. The molecule has 0 bridgehead atoms. The van der Waals surface area contributed by atoms with Crippen LogP contribution in [0, 0.1) is 0 Å². The highest BCUT2D eigenvalue weighted by Gasteiger charge is 2.52. The van der Waals surface area contributed by atoms with Gasteiger partial charge in [-0.25, -0.2) is 0 Å². The summed E-state index contributed by atoms with van der Waals surface area (Å²) in [5, 5.41) is 7.08. The van der Waals surface area contributed by atoms with E-state index in [0.29, 0.717) is 16.5 Å². The Morgan fingerprint density at radius 3 is 2.00 bits per heavy atom. The van der Waals surface area contributed by atoms with Gasteiger partial charge in [-0.2, -0.15) is 0 Å². The highest BCUT2D eigenvalue weighted by atomic mass is 35.5. The summed E-state index contributed by atoms with van der Waals surface area (Å²) in [6.45, 7) is 12.1. The predicted molar refractivity (Wildman–Crippen MR) is 159 cm³/mol. The van der Waals surface area contributed by atoms with E-state index >= 15 is 0 Å². The van der Waals surface area contributed by atoms with Crippen molar-refractivity contribution in [1.29, 1.82) is 0 Å². The van der Waals surface area contributed by atoms with Crippen molar-refractivity contribution in [3.05, 3.63) is 77.8 Å². The van der Waals surface area contributed by atoms with Crippen LogP contribution < -0.4 is 10.2 Å². The molecule has 7 rings (SSSR count). The Labute approximate surface area is 227 Å². The lowest BCUT2D eigenvalue weighted by atomic mass is 9.78. The minimum absolute atomic E-state index is 0.479. The molecular formula is C32H30BClO4. The van der Waals surface area contributed by atoms with Crippen molar-refractivity contribution < 1.29 is 18.5 Å². The van der Waals surface area contributed by atoms with E-state index in [4.69, 9.17) is 30.1 Å². The van der Waals surface area contributed by atoms with Gasteiger partial charge in [-0.15, -0.1) is 0 Å². The number of fused-ring (bicyclic) bond motifs is 3. The summed E-state index contributed by atoms with van der Waals surface area (Å²) in [6.07, 6.45) is 0. The van der Waals surface area contributed by atoms with Gasteiger partial charge in [0.2, 0.25) is 0 Å². The molecule has 1 saturated heterocycles. The van der Waals surface area contributed by atoms with E-state index in [1.807, 2.05) is 84.0 Å². The summed E-state index contributed by atoms with van der Waals surface area (Å²) < 4.78 is 25.6. The number of ether oxygens (including phenoxy) is 1. The van der Waals surface area contributed by atoms with Crippen LogP contribution in [0.1, 0.15) is 41.5 Å². The number of benzene rings is 5. The molecule has 1 aliphatic heterocycles. The van der Waals surface area contributed by atoms with Crippen molar-refractivity contribution in [2.75, 3.05) is 0 Å². The third-order valence-electron chi connectivity index (χ3n) is 7.83. The molecule has 0 atom stereocenters. The van der Waals surface area contributed by atoms with Crippen LogP contribution in [-0.2, 0) is 9.31 Å². The zero-order chi connectivity index (χ0) is 26.8. The topological polar surface area (TPSA) is 40.8 Å². The number of halogens is 1. The maximum absolute atomic E-state index is 6.75. The smallest absolute Gasteiger partial charge is 0.456 e. The zero-order valence-corrected chi connectivity index (χ0v) is 23.3. The van der Waals surface area contributed by atoms with Crippen LogP contribution in [-0.4, -0.2) is 18.3 Å². The van der Waals surface area contributed by atoms with E-state index in [0.717, 1.165) is 43.6 Å². The van der Waals surface area contributed by atoms with Crippen LogP contribution in [0.4, 0.5) is 0 Å². The van der Waals surface area contributed by atoms with E-state index in [1.54, 1.807) is 0 Å². The van der Waals surface area contributed by atoms with E-state index in [-0.39, 0.29) is 0 Å². The fraction of sp³-hybridized carbons (Fsp3) is 0.250. The van der Waals surface area contributed by atoms with Crippen LogP contribution in [0.5, 0.6) is 11.5 Å². The van der Waals surface area contributed by atoms with Gasteiger partial charge < -0.3 is 18.5 Å². The molecule has 0 spiro atoms. The van der Waals surface area contributed by atoms with Crippen LogP contribution in [0.3, 0.4) is 0 Å². The number of hydrogen-bond donors (Lipinski definition) is 0. The molecule has 0 unspecified atom stereocenters. The van der Waals surface area contributed by atoms with Crippen molar-refractivity contribution in [3.63, 3.8) is 0 Å². The predicted octanol–water partition coefficient (Wildman–Crippen LogP) is 9.10. The normalized spacial score (nSPS) is 16.4. The molecule has 192 valence electrons. The Kier molecular flexibility index (Phi) is 5.87. The van der Waals surface area contributed by atoms with Gasteiger partial charge in [-0.3, -0.25) is 0 Å². The van der Waals surface area contributed by atoms with Crippen LogP contribution in [0.15, 0.2) is 77.2 Å². The first-order chi connectivity index (χ1) is 18.2. The van der Waals surface area contributed by atoms with Gasteiger partial charge in [0.25, 0.3) is 0 Å². The van der Waals surface area contributed by atoms with Gasteiger partial charge >= 0.3 is 7.12 Å². The highest BCUT2D eigenvalue weighted by Crippen LogP contribution is 2.47. The maximum Gasteiger partial charge on any atom is 0.498 e. The first-order valence-corrected chi connectivity index (χ1v) is 13.5. The molecule has 5 aromatic carbocycles. The molecule has 0 aliphatic carbocycles. The zero-order valence-electron chi connectivity index (χ0n) is 22.5. The highest BCUT2D eigenvalue weighted by molar-refractivity contribution is 6.63. The lowest BCUT2D eigenvalue weighted by Crippen LogP contribution is -2.41. The summed E-state index contributed by atoms with van der Waals surface area (Å²) in [5.74, 6) is 1.24. The lowest BCUT2D eigenvalue weighted by Gasteiger charge is -2.32.